The summed E-state index contributed by atoms with van der Waals surface area (Å²) in [5.74, 6) is 0. The second-order valence-electron chi connectivity index (χ2n) is 2.69. The molecule has 0 atom stereocenters. The molecule has 0 aliphatic rings. The molecule has 0 aliphatic heterocycles. The van der Waals surface area contributed by atoms with Crippen LogP contribution in [0.5, 0.6) is 0 Å². The maximum absolute atomic E-state index is 10.6. The zero-order valence-electron chi connectivity index (χ0n) is 8.34. The van der Waals surface area contributed by atoms with Crippen molar-refractivity contribution in [2.45, 2.75) is 0 Å². The molecule has 0 amide bonds. The first kappa shape index (κ1) is 16.1. The van der Waals surface area contributed by atoms with Gasteiger partial charge in [0, 0.05) is 23.8 Å². The Kier molecular flexibility index (Phi) is 7.78. The molecule has 0 N–H and O–H groups in total. The number of halogens is 2. The summed E-state index contributed by atoms with van der Waals surface area (Å²) in [5, 5.41) is 12.0. The summed E-state index contributed by atoms with van der Waals surface area (Å²) in [6, 6.07) is 6.59. The van der Waals surface area contributed by atoms with Gasteiger partial charge in [0.25, 0.3) is 5.69 Å². The number of aromatic nitrogens is 1. The van der Waals surface area contributed by atoms with Crippen LogP contribution in [0.15, 0.2) is 36.7 Å². The van der Waals surface area contributed by atoms with Crippen LogP contribution < -0.4 is 0 Å². The van der Waals surface area contributed by atoms with Gasteiger partial charge < -0.3 is 0 Å². The number of rotatable bonds is 1. The topological polar surface area (TPSA) is 65.3 Å². The van der Waals surface area contributed by atoms with E-state index in [1.807, 2.05) is 0 Å². The van der Waals surface area contributed by atoms with Crippen LogP contribution in [0.25, 0.3) is 10.8 Å². The third-order valence-corrected chi connectivity index (χ3v) is 1.85. The molecule has 2 aromatic rings. The van der Waals surface area contributed by atoms with E-state index >= 15 is 0 Å². The van der Waals surface area contributed by atoms with Gasteiger partial charge in [-0.25, -0.2) is 0 Å². The molecule has 0 aliphatic carbocycles. The number of nitrogens with zero attached hydrogens (tertiary/aromatic N) is 2. The van der Waals surface area contributed by atoms with Crippen molar-refractivity contribution < 1.29 is 8.77 Å². The predicted molar refractivity (Wildman–Crippen MR) is 69.7 cm³/mol. The third-order valence-electron chi connectivity index (χ3n) is 1.85. The van der Waals surface area contributed by atoms with Gasteiger partial charge in [0.15, 0.2) is 0 Å². The average molecular weight is 342 g/mol. The Labute approximate surface area is 118 Å². The van der Waals surface area contributed by atoms with Crippen LogP contribution in [0.1, 0.15) is 0 Å². The molecule has 17 heavy (non-hydrogen) atoms. The second kappa shape index (κ2) is 8.22. The number of fused-ring (bicyclic) bond motifs is 1. The summed E-state index contributed by atoms with van der Waals surface area (Å²) in [4.78, 5) is 14.1. The summed E-state index contributed by atoms with van der Waals surface area (Å²) in [6.07, 6.45) is 3.16. The minimum atomic E-state index is -0.387. The van der Waals surface area contributed by atoms with Gasteiger partial charge in [0.1, 0.15) is 0 Å². The van der Waals surface area contributed by atoms with Crippen molar-refractivity contribution in [1.29, 1.82) is 0 Å². The molecule has 0 radical (unpaired) electrons. The van der Waals surface area contributed by atoms with E-state index in [-0.39, 0.29) is 27.7 Å². The summed E-state index contributed by atoms with van der Waals surface area (Å²) in [7, 11) is 0. The normalized spacial score (nSPS) is 8.82. The molecule has 1 aromatic carbocycles. The molecule has 1 aromatic heterocycles. The summed E-state index contributed by atoms with van der Waals surface area (Å²) < 4.78 is 3.19. The molecule has 1 heterocycles. The zero-order chi connectivity index (χ0) is 12.0. The van der Waals surface area contributed by atoms with Crippen molar-refractivity contribution in [3.05, 3.63) is 46.8 Å². The van der Waals surface area contributed by atoms with Crippen LogP contribution in [0, 0.1) is 10.1 Å². The van der Waals surface area contributed by atoms with Gasteiger partial charge in [-0.3, -0.25) is 15.1 Å². The van der Waals surface area contributed by atoms with E-state index < -0.39 is 0 Å². The molecule has 5 nitrogen and oxygen atoms in total. The molecule has 0 fully saturated rings. The molecule has 92 valence electrons. The van der Waals surface area contributed by atoms with Crippen LogP contribution in [-0.4, -0.2) is 27.0 Å². The molecule has 0 saturated heterocycles. The number of non-ortho nitro benzene ring substituents is 1. The van der Waals surface area contributed by atoms with E-state index in [4.69, 9.17) is 0 Å². The Balaban J connectivity index is 0.000000583. The Hall–Kier alpha value is -0.911. The van der Waals surface area contributed by atoms with Crippen molar-refractivity contribution in [1.82, 2.24) is 4.98 Å². The second-order valence-corrected chi connectivity index (χ2v) is 3.16. The number of hydrogen-bond donors (Lipinski definition) is 0. The van der Waals surface area contributed by atoms with Gasteiger partial charge in [-0.1, -0.05) is 12.1 Å². The zero-order valence-corrected chi connectivity index (χ0v) is 11.9. The van der Waals surface area contributed by atoms with E-state index in [9.17, 15) is 10.1 Å². The first-order valence-corrected chi connectivity index (χ1v) is 4.69. The standard InChI is InChI=1S/C9H6N2O2.Cl2O.H2Se/c12-11(13)9-3-1-2-7-6-10-5-4-8(7)9;1-3-2;/h1-6H;;1H2. The quantitative estimate of drug-likeness (QED) is 0.454. The monoisotopic (exact) mass is 342 g/mol. The molecule has 0 bridgehead atoms. The van der Waals surface area contributed by atoms with Gasteiger partial charge in [-0.05, 0) is 6.07 Å². The van der Waals surface area contributed by atoms with Gasteiger partial charge in [-0.15, -0.1) is 0 Å². The van der Waals surface area contributed by atoms with Crippen LogP contribution in [0.2, 0.25) is 0 Å². The van der Waals surface area contributed by atoms with Crippen molar-refractivity contribution in [3.63, 3.8) is 0 Å². The fourth-order valence-corrected chi connectivity index (χ4v) is 1.26. The Morgan fingerprint density at radius 2 is 1.94 bits per heavy atom. The van der Waals surface area contributed by atoms with Crippen LogP contribution in [-0.2, 0) is 3.84 Å². The molecule has 0 saturated carbocycles. The van der Waals surface area contributed by atoms with Crippen molar-refractivity contribution in [2.24, 2.45) is 0 Å². The predicted octanol–water partition coefficient (Wildman–Crippen LogP) is 2.54. The van der Waals surface area contributed by atoms with Crippen molar-refractivity contribution >= 4 is 57.3 Å². The third kappa shape index (κ3) is 4.46. The van der Waals surface area contributed by atoms with E-state index in [0.717, 1.165) is 5.39 Å². The molecule has 2 rings (SSSR count). The molecule has 0 unspecified atom stereocenters. The van der Waals surface area contributed by atoms with Gasteiger partial charge in [-0.2, -0.15) is 3.84 Å². The van der Waals surface area contributed by atoms with Gasteiger partial charge in [0.2, 0.25) is 0 Å². The SMILES string of the molecule is ClOCl.O=[N+]([O-])c1cccc2cnccc12.[SeH2]. The van der Waals surface area contributed by atoms with E-state index in [1.165, 1.54) is 6.07 Å². The number of pyridine rings is 1. The summed E-state index contributed by atoms with van der Waals surface area (Å²) in [6.45, 7) is 0. The number of benzene rings is 1. The first-order chi connectivity index (χ1) is 7.70. The number of nitro benzene ring substituents is 1. The average Bonchev–Trinajstić information content (AvgIpc) is 2.29. The van der Waals surface area contributed by atoms with Crippen molar-refractivity contribution in [2.75, 3.05) is 0 Å². The van der Waals surface area contributed by atoms with E-state index in [1.54, 1.807) is 30.6 Å². The molecule has 0 spiro atoms. The Morgan fingerprint density at radius 1 is 1.29 bits per heavy atom. The van der Waals surface area contributed by atoms with Crippen LogP contribution in [0.4, 0.5) is 5.69 Å². The maximum atomic E-state index is 10.6. The molecular formula is C9H8Cl2N2O3Se. The molecule has 8 heteroatoms. The summed E-state index contributed by atoms with van der Waals surface area (Å²) >= 11 is 8.53. The molecular weight excluding hydrogens is 334 g/mol. The van der Waals surface area contributed by atoms with Gasteiger partial charge >= 0.3 is 17.1 Å². The van der Waals surface area contributed by atoms with E-state index in [0.29, 0.717) is 5.39 Å². The summed E-state index contributed by atoms with van der Waals surface area (Å²) in [5.41, 5.74) is 0.125. The first-order valence-electron chi connectivity index (χ1n) is 4.07. The fourth-order valence-electron chi connectivity index (χ4n) is 1.26. The van der Waals surface area contributed by atoms with Crippen LogP contribution >= 0.6 is 23.7 Å². The van der Waals surface area contributed by atoms with Crippen molar-refractivity contribution in [3.8, 4) is 0 Å². The Bertz CT molecular complexity index is 493. The Morgan fingerprint density at radius 3 is 2.53 bits per heavy atom. The minimum absolute atomic E-state index is 0. The van der Waals surface area contributed by atoms with E-state index in [2.05, 4.69) is 32.6 Å². The fraction of sp³-hybridized carbons (Fsp3) is 0. The van der Waals surface area contributed by atoms with Gasteiger partial charge in [0.05, 0.1) is 34.0 Å². The number of nitro groups is 1. The van der Waals surface area contributed by atoms with Crippen LogP contribution in [0.3, 0.4) is 0 Å². The number of hydrogen-bond acceptors (Lipinski definition) is 4.